The summed E-state index contributed by atoms with van der Waals surface area (Å²) in [5.41, 5.74) is 5.48. The number of pyridine rings is 1. The molecule has 3 aromatic rings. The number of aromatic nitrogens is 2. The third kappa shape index (κ3) is 4.08. The summed E-state index contributed by atoms with van der Waals surface area (Å²) < 4.78 is 8.12. The molecule has 0 amide bonds. The first kappa shape index (κ1) is 22.6. The molecule has 1 aromatic carbocycles. The number of rotatable bonds is 6. The summed E-state index contributed by atoms with van der Waals surface area (Å²) in [7, 11) is 0. The van der Waals surface area contributed by atoms with Gasteiger partial charge in [-0.1, -0.05) is 6.07 Å². The maximum Gasteiger partial charge on any atom is 0.335 e. The molecule has 2 aliphatic heterocycles. The topological polar surface area (TPSA) is 79.6 Å². The van der Waals surface area contributed by atoms with Crippen molar-refractivity contribution in [2.24, 2.45) is 0 Å². The molecule has 0 radical (unpaired) electrons. The molecule has 4 heterocycles. The van der Waals surface area contributed by atoms with Gasteiger partial charge in [-0.15, -0.1) is 0 Å². The van der Waals surface area contributed by atoms with Gasteiger partial charge in [0.1, 0.15) is 0 Å². The molecule has 2 saturated heterocycles. The van der Waals surface area contributed by atoms with Gasteiger partial charge < -0.3 is 24.6 Å². The van der Waals surface area contributed by atoms with Crippen LogP contribution in [0.2, 0.25) is 0 Å². The minimum Gasteiger partial charge on any atom is -0.478 e. The third-order valence-electron chi connectivity index (χ3n) is 6.78. The Balaban J connectivity index is 1.57. The minimum atomic E-state index is -0.929. The lowest BCUT2D eigenvalue weighted by atomic mass is 9.96. The number of hydrogen-bond donors (Lipinski definition) is 2. The number of carbonyl (C=O) groups is 1. The molecule has 0 unspecified atom stereocenters. The molecule has 0 bridgehead atoms. The molecule has 7 nitrogen and oxygen atoms in total. The number of ether oxygens (including phenoxy) is 1. The molecule has 2 fully saturated rings. The highest BCUT2D eigenvalue weighted by Crippen LogP contribution is 2.42. The lowest BCUT2D eigenvalue weighted by Gasteiger charge is -2.30. The molecule has 5 rings (SSSR count). The van der Waals surface area contributed by atoms with E-state index < -0.39 is 5.97 Å². The van der Waals surface area contributed by atoms with Crippen molar-refractivity contribution in [3.05, 3.63) is 82.9 Å². The Hall–Kier alpha value is -3.23. The summed E-state index contributed by atoms with van der Waals surface area (Å²) in [6.45, 7) is 5.71. The summed E-state index contributed by atoms with van der Waals surface area (Å²) in [4.78, 5) is 18.2. The number of thiocarbonyl (C=S) groups is 1. The van der Waals surface area contributed by atoms with Gasteiger partial charge in [-0.05, 0) is 86.9 Å². The average Bonchev–Trinajstić information content (AvgIpc) is 3.54. The Morgan fingerprint density at radius 3 is 2.68 bits per heavy atom. The van der Waals surface area contributed by atoms with Crippen molar-refractivity contribution in [3.8, 4) is 5.69 Å². The fourth-order valence-corrected chi connectivity index (χ4v) is 5.50. The predicted molar refractivity (Wildman–Crippen MR) is 133 cm³/mol. The lowest BCUT2D eigenvalue weighted by Crippen LogP contribution is -2.36. The quantitative estimate of drug-likeness (QED) is 0.513. The van der Waals surface area contributed by atoms with E-state index in [4.69, 9.17) is 17.0 Å². The number of carboxylic acids is 1. The van der Waals surface area contributed by atoms with Gasteiger partial charge in [-0.2, -0.15) is 0 Å². The maximum absolute atomic E-state index is 11.3. The smallest absolute Gasteiger partial charge is 0.335 e. The van der Waals surface area contributed by atoms with Crippen LogP contribution in [0.25, 0.3) is 5.69 Å². The molecule has 2 N–H and O–H groups in total. The van der Waals surface area contributed by atoms with Crippen molar-refractivity contribution in [2.75, 3.05) is 13.2 Å². The molecule has 176 valence electrons. The molecule has 0 spiro atoms. The van der Waals surface area contributed by atoms with Crippen LogP contribution in [0, 0.1) is 13.8 Å². The number of carboxylic acid groups (broad SMARTS) is 1. The van der Waals surface area contributed by atoms with Gasteiger partial charge >= 0.3 is 5.97 Å². The van der Waals surface area contributed by atoms with Gasteiger partial charge in [0.05, 0.1) is 29.4 Å². The molecular formula is C26H28N4O3S. The van der Waals surface area contributed by atoms with Crippen LogP contribution >= 0.6 is 12.2 Å². The number of aryl methyl sites for hydroxylation is 1. The van der Waals surface area contributed by atoms with Gasteiger partial charge in [-0.3, -0.25) is 4.98 Å². The predicted octanol–water partition coefficient (Wildman–Crippen LogP) is 4.34. The van der Waals surface area contributed by atoms with Crippen LogP contribution in [0.1, 0.15) is 57.9 Å². The number of benzene rings is 1. The van der Waals surface area contributed by atoms with Crippen molar-refractivity contribution >= 4 is 23.3 Å². The fourth-order valence-electron chi connectivity index (χ4n) is 5.19. The molecule has 34 heavy (non-hydrogen) atoms. The number of aromatic carboxylic acids is 1. The van der Waals surface area contributed by atoms with Crippen LogP contribution in [0.15, 0.2) is 54.7 Å². The van der Waals surface area contributed by atoms with Crippen LogP contribution in [-0.2, 0) is 4.74 Å². The average molecular weight is 477 g/mol. The van der Waals surface area contributed by atoms with Gasteiger partial charge in [0.2, 0.25) is 0 Å². The largest absolute Gasteiger partial charge is 0.478 e. The Bertz CT molecular complexity index is 1200. The van der Waals surface area contributed by atoms with Crippen LogP contribution in [0.3, 0.4) is 0 Å². The molecule has 8 heteroatoms. The van der Waals surface area contributed by atoms with Crippen molar-refractivity contribution in [1.29, 1.82) is 0 Å². The molecule has 0 saturated carbocycles. The fraction of sp³-hybridized carbons (Fsp3) is 0.346. The molecule has 2 aromatic heterocycles. The number of nitrogens with zero attached hydrogens (tertiary/aromatic N) is 3. The second kappa shape index (κ2) is 9.19. The Morgan fingerprint density at radius 2 is 2.03 bits per heavy atom. The van der Waals surface area contributed by atoms with E-state index in [9.17, 15) is 9.90 Å². The van der Waals surface area contributed by atoms with E-state index >= 15 is 0 Å². The summed E-state index contributed by atoms with van der Waals surface area (Å²) in [6, 6.07) is 15.0. The normalized spacial score (nSPS) is 22.2. The molecule has 3 atom stereocenters. The summed E-state index contributed by atoms with van der Waals surface area (Å²) in [5, 5.41) is 13.5. The van der Waals surface area contributed by atoms with Crippen LogP contribution in [0.5, 0.6) is 0 Å². The van der Waals surface area contributed by atoms with Gasteiger partial charge in [0.15, 0.2) is 5.11 Å². The van der Waals surface area contributed by atoms with Crippen molar-refractivity contribution < 1.29 is 14.6 Å². The van der Waals surface area contributed by atoms with E-state index in [1.165, 1.54) is 5.56 Å². The Kier molecular flexibility index (Phi) is 6.10. The molecular weight excluding hydrogens is 448 g/mol. The first-order chi connectivity index (χ1) is 16.4. The summed E-state index contributed by atoms with van der Waals surface area (Å²) in [5.74, 6) is -0.929. The van der Waals surface area contributed by atoms with E-state index in [0.717, 1.165) is 48.8 Å². The first-order valence-electron chi connectivity index (χ1n) is 11.6. The highest BCUT2D eigenvalue weighted by atomic mass is 32.1. The zero-order chi connectivity index (χ0) is 23.8. The minimum absolute atomic E-state index is 0.0372. The Morgan fingerprint density at radius 1 is 1.24 bits per heavy atom. The van der Waals surface area contributed by atoms with Crippen LogP contribution in [-0.4, -0.2) is 49.9 Å². The zero-order valence-electron chi connectivity index (χ0n) is 19.3. The second-order valence-electron chi connectivity index (χ2n) is 8.93. The highest BCUT2D eigenvalue weighted by Gasteiger charge is 2.42. The second-order valence-corrected chi connectivity index (χ2v) is 9.31. The third-order valence-corrected chi connectivity index (χ3v) is 7.14. The van der Waals surface area contributed by atoms with Gasteiger partial charge in [-0.25, -0.2) is 4.79 Å². The van der Waals surface area contributed by atoms with Crippen molar-refractivity contribution in [1.82, 2.24) is 19.8 Å². The van der Waals surface area contributed by atoms with Crippen LogP contribution in [0.4, 0.5) is 0 Å². The van der Waals surface area contributed by atoms with Crippen molar-refractivity contribution in [3.63, 3.8) is 0 Å². The standard InChI is InChI=1S/C26H28N4O3S/c1-16-14-21(17(2)30(16)19-10-8-18(9-11-19)25(31)32)24-23(22-7-3-4-12-27-22)28-26(34)29(24)15-20-6-5-13-33-20/h3-4,7-12,14,20,23-24H,5-6,13,15H2,1-2H3,(H,28,34)(H,31,32)/t20-,23+,24+/m0/s1. The SMILES string of the molecule is Cc1cc([C@@H]2[C@@H](c3ccccn3)NC(=S)N2C[C@@H]2CCCO2)c(C)n1-c1ccc(C(=O)O)cc1. The van der Waals surface area contributed by atoms with Crippen molar-refractivity contribution in [2.45, 2.75) is 44.9 Å². The van der Waals surface area contributed by atoms with Gasteiger partial charge in [0, 0.05) is 36.4 Å². The highest BCUT2D eigenvalue weighted by molar-refractivity contribution is 7.80. The first-order valence-corrected chi connectivity index (χ1v) is 12.0. The molecule has 2 aliphatic rings. The monoisotopic (exact) mass is 476 g/mol. The maximum atomic E-state index is 11.3. The van der Waals surface area contributed by atoms with Crippen LogP contribution < -0.4 is 5.32 Å². The summed E-state index contributed by atoms with van der Waals surface area (Å²) in [6.07, 6.45) is 4.09. The summed E-state index contributed by atoms with van der Waals surface area (Å²) >= 11 is 5.81. The van der Waals surface area contributed by atoms with E-state index in [1.807, 2.05) is 36.5 Å². The Labute approximate surface area is 204 Å². The van der Waals surface area contributed by atoms with E-state index in [2.05, 4.69) is 39.7 Å². The van der Waals surface area contributed by atoms with E-state index in [0.29, 0.717) is 5.11 Å². The van der Waals surface area contributed by atoms with E-state index in [1.54, 1.807) is 12.1 Å². The lowest BCUT2D eigenvalue weighted by molar-refractivity contribution is 0.0697. The van der Waals surface area contributed by atoms with E-state index in [-0.39, 0.29) is 23.8 Å². The number of nitrogens with one attached hydrogen (secondary N) is 1. The zero-order valence-corrected chi connectivity index (χ0v) is 20.1. The van der Waals surface area contributed by atoms with Gasteiger partial charge in [0.25, 0.3) is 0 Å². The molecule has 0 aliphatic carbocycles. The number of hydrogen-bond acceptors (Lipinski definition) is 4.